The molecule has 3 rings (SSSR count). The standard InChI is InChI=1S/C17H11BrCl2N4O4/c18-12-7-10(19)1-4-16(12)28-9-23-6-5-14(22-23)17(25)21-15-8-11(24(26)27)2-3-13(15)20/h1-8H,9H2,(H,21,25). The first kappa shape index (κ1) is 20.1. The first-order valence-corrected chi connectivity index (χ1v) is 9.25. The van der Waals surface area contributed by atoms with Crippen LogP contribution in [0.2, 0.25) is 10.0 Å². The van der Waals surface area contributed by atoms with Crippen molar-refractivity contribution < 1.29 is 14.5 Å². The largest absolute Gasteiger partial charge is 0.470 e. The second-order valence-corrected chi connectivity index (χ2v) is 7.16. The van der Waals surface area contributed by atoms with E-state index in [0.717, 1.165) is 0 Å². The smallest absolute Gasteiger partial charge is 0.276 e. The summed E-state index contributed by atoms with van der Waals surface area (Å²) in [4.78, 5) is 22.6. The molecule has 2 aromatic carbocycles. The highest BCUT2D eigenvalue weighted by Crippen LogP contribution is 2.28. The Kier molecular flexibility index (Phi) is 6.18. The van der Waals surface area contributed by atoms with Gasteiger partial charge in [0, 0.05) is 23.4 Å². The van der Waals surface area contributed by atoms with Gasteiger partial charge in [-0.25, -0.2) is 4.68 Å². The molecule has 3 aromatic rings. The molecule has 1 amide bonds. The number of non-ortho nitro benzene ring substituents is 1. The monoisotopic (exact) mass is 484 g/mol. The summed E-state index contributed by atoms with van der Waals surface area (Å²) in [5.74, 6) is 0.00287. The number of nitro groups is 1. The number of anilines is 1. The number of aromatic nitrogens is 2. The SMILES string of the molecule is O=C(Nc1cc([N+](=O)[O-])ccc1Cl)c1ccn(COc2ccc(Cl)cc2Br)n1. The van der Waals surface area contributed by atoms with Crippen LogP contribution in [0.5, 0.6) is 5.75 Å². The van der Waals surface area contributed by atoms with E-state index in [1.54, 1.807) is 24.4 Å². The van der Waals surface area contributed by atoms with Crippen LogP contribution in [0.3, 0.4) is 0 Å². The molecule has 0 spiro atoms. The number of carbonyl (C=O) groups is 1. The number of rotatable bonds is 6. The van der Waals surface area contributed by atoms with Gasteiger partial charge >= 0.3 is 0 Å². The Morgan fingerprint density at radius 3 is 2.75 bits per heavy atom. The summed E-state index contributed by atoms with van der Waals surface area (Å²) in [6.45, 7) is 0.0606. The molecule has 0 saturated heterocycles. The van der Waals surface area contributed by atoms with Gasteiger partial charge in [0.15, 0.2) is 12.4 Å². The highest BCUT2D eigenvalue weighted by atomic mass is 79.9. The molecule has 1 N–H and O–H groups in total. The minimum absolute atomic E-state index is 0.0606. The van der Waals surface area contributed by atoms with Gasteiger partial charge in [0.25, 0.3) is 11.6 Å². The van der Waals surface area contributed by atoms with E-state index in [4.69, 9.17) is 27.9 Å². The minimum Gasteiger partial charge on any atom is -0.470 e. The van der Waals surface area contributed by atoms with E-state index in [9.17, 15) is 14.9 Å². The summed E-state index contributed by atoms with van der Waals surface area (Å²) in [5, 5.41) is 18.2. The number of carbonyl (C=O) groups excluding carboxylic acids is 1. The molecule has 0 aliphatic carbocycles. The van der Waals surface area contributed by atoms with Gasteiger partial charge in [0.05, 0.1) is 20.1 Å². The third kappa shape index (κ3) is 4.80. The third-order valence-electron chi connectivity index (χ3n) is 3.53. The van der Waals surface area contributed by atoms with E-state index < -0.39 is 10.8 Å². The van der Waals surface area contributed by atoms with E-state index in [1.807, 2.05) is 0 Å². The summed E-state index contributed by atoms with van der Waals surface area (Å²) in [7, 11) is 0. The van der Waals surface area contributed by atoms with Crippen LogP contribution in [-0.4, -0.2) is 20.6 Å². The van der Waals surface area contributed by atoms with Crippen LogP contribution in [0.25, 0.3) is 0 Å². The molecule has 0 aliphatic rings. The van der Waals surface area contributed by atoms with E-state index >= 15 is 0 Å². The predicted octanol–water partition coefficient (Wildman–Crippen LogP) is 5.15. The van der Waals surface area contributed by atoms with Crippen molar-refractivity contribution in [1.82, 2.24) is 9.78 Å². The van der Waals surface area contributed by atoms with Crippen LogP contribution in [0.4, 0.5) is 11.4 Å². The van der Waals surface area contributed by atoms with Crippen molar-refractivity contribution >= 4 is 56.4 Å². The van der Waals surface area contributed by atoms with Gasteiger partial charge in [-0.15, -0.1) is 0 Å². The molecule has 8 nitrogen and oxygen atoms in total. The fourth-order valence-electron chi connectivity index (χ4n) is 2.19. The zero-order valence-electron chi connectivity index (χ0n) is 13.9. The maximum absolute atomic E-state index is 12.3. The summed E-state index contributed by atoms with van der Waals surface area (Å²) >= 11 is 15.2. The number of ether oxygens (including phenoxy) is 1. The van der Waals surface area contributed by atoms with Gasteiger partial charge in [0.1, 0.15) is 5.75 Å². The molecule has 28 heavy (non-hydrogen) atoms. The van der Waals surface area contributed by atoms with Gasteiger partial charge in [-0.05, 0) is 46.3 Å². The van der Waals surface area contributed by atoms with Crippen LogP contribution in [-0.2, 0) is 6.73 Å². The quantitative estimate of drug-likeness (QED) is 0.384. The van der Waals surface area contributed by atoms with Crippen molar-refractivity contribution in [3.8, 4) is 5.75 Å². The molecule has 144 valence electrons. The molecule has 1 aromatic heterocycles. The Bertz CT molecular complexity index is 1060. The normalized spacial score (nSPS) is 10.5. The van der Waals surface area contributed by atoms with E-state index in [-0.39, 0.29) is 28.8 Å². The molecule has 0 saturated carbocycles. The molecule has 0 unspecified atom stereocenters. The van der Waals surface area contributed by atoms with Gasteiger partial charge < -0.3 is 10.1 Å². The average molecular weight is 486 g/mol. The second-order valence-electron chi connectivity index (χ2n) is 5.46. The van der Waals surface area contributed by atoms with Crippen LogP contribution in [0.15, 0.2) is 53.1 Å². The molecular formula is C17H11BrCl2N4O4. The first-order chi connectivity index (χ1) is 13.3. The summed E-state index contributed by atoms with van der Waals surface area (Å²) < 4.78 is 7.72. The Hall–Kier alpha value is -2.62. The molecule has 0 radical (unpaired) electrons. The topological polar surface area (TPSA) is 99.3 Å². The van der Waals surface area contributed by atoms with Gasteiger partial charge in [-0.2, -0.15) is 5.10 Å². The summed E-state index contributed by atoms with van der Waals surface area (Å²) in [6.07, 6.45) is 1.56. The first-order valence-electron chi connectivity index (χ1n) is 7.70. The van der Waals surface area contributed by atoms with E-state index in [2.05, 4.69) is 26.3 Å². The summed E-state index contributed by atoms with van der Waals surface area (Å²) in [5.41, 5.74) is 0.0327. The number of hydrogen-bond donors (Lipinski definition) is 1. The molecule has 1 heterocycles. The van der Waals surface area contributed by atoms with E-state index in [1.165, 1.54) is 28.9 Å². The Balaban J connectivity index is 1.67. The van der Waals surface area contributed by atoms with Gasteiger partial charge in [-0.1, -0.05) is 23.2 Å². The highest BCUT2D eigenvalue weighted by molar-refractivity contribution is 9.10. The number of amides is 1. The lowest BCUT2D eigenvalue weighted by atomic mass is 10.2. The lowest BCUT2D eigenvalue weighted by Crippen LogP contribution is -2.14. The highest BCUT2D eigenvalue weighted by Gasteiger charge is 2.15. The van der Waals surface area contributed by atoms with Crippen LogP contribution in [0, 0.1) is 10.1 Å². The lowest BCUT2D eigenvalue weighted by Gasteiger charge is -2.08. The van der Waals surface area contributed by atoms with Crippen molar-refractivity contribution in [3.63, 3.8) is 0 Å². The zero-order chi connectivity index (χ0) is 20.3. The van der Waals surface area contributed by atoms with Crippen molar-refractivity contribution in [2.24, 2.45) is 0 Å². The van der Waals surface area contributed by atoms with E-state index in [0.29, 0.717) is 15.2 Å². The second kappa shape index (κ2) is 8.59. The maximum Gasteiger partial charge on any atom is 0.276 e. The maximum atomic E-state index is 12.3. The molecule has 0 fully saturated rings. The Labute approximate surface area is 177 Å². The number of hydrogen-bond acceptors (Lipinski definition) is 5. The number of halogens is 3. The fraction of sp³-hybridized carbons (Fsp3) is 0.0588. The molecular weight excluding hydrogens is 475 g/mol. The molecule has 0 bridgehead atoms. The van der Waals surface area contributed by atoms with Crippen molar-refractivity contribution in [1.29, 1.82) is 0 Å². The minimum atomic E-state index is -0.576. The number of nitrogens with one attached hydrogen (secondary N) is 1. The number of nitrogens with zero attached hydrogens (tertiary/aromatic N) is 3. The van der Waals surface area contributed by atoms with Crippen molar-refractivity contribution in [3.05, 3.63) is 79.0 Å². The molecule has 0 atom stereocenters. The van der Waals surface area contributed by atoms with Crippen LogP contribution in [0.1, 0.15) is 10.5 Å². The van der Waals surface area contributed by atoms with Crippen molar-refractivity contribution in [2.75, 3.05) is 5.32 Å². The Morgan fingerprint density at radius 1 is 1.25 bits per heavy atom. The predicted molar refractivity (Wildman–Crippen MR) is 108 cm³/mol. The third-order valence-corrected chi connectivity index (χ3v) is 4.71. The Morgan fingerprint density at radius 2 is 2.04 bits per heavy atom. The number of nitro benzene ring substituents is 1. The fourth-order valence-corrected chi connectivity index (χ4v) is 3.15. The summed E-state index contributed by atoms with van der Waals surface area (Å²) in [6, 6.07) is 10.3. The average Bonchev–Trinajstić information content (AvgIpc) is 3.12. The van der Waals surface area contributed by atoms with Gasteiger partial charge in [0.2, 0.25) is 0 Å². The molecule has 11 heteroatoms. The van der Waals surface area contributed by atoms with Crippen LogP contribution < -0.4 is 10.1 Å². The number of benzene rings is 2. The van der Waals surface area contributed by atoms with Crippen molar-refractivity contribution in [2.45, 2.75) is 6.73 Å². The van der Waals surface area contributed by atoms with Crippen LogP contribution >= 0.6 is 39.1 Å². The lowest BCUT2D eigenvalue weighted by molar-refractivity contribution is -0.384. The molecule has 0 aliphatic heterocycles. The zero-order valence-corrected chi connectivity index (χ0v) is 17.0. The van der Waals surface area contributed by atoms with Gasteiger partial charge in [-0.3, -0.25) is 14.9 Å².